The van der Waals surface area contributed by atoms with E-state index in [0.29, 0.717) is 13.1 Å². The predicted octanol–water partition coefficient (Wildman–Crippen LogP) is 2.32. The minimum Gasteiger partial charge on any atom is -0.473 e. The Morgan fingerprint density at radius 1 is 1.06 bits per heavy atom. The summed E-state index contributed by atoms with van der Waals surface area (Å²) in [5.74, 6) is -4.37. The molecule has 0 saturated heterocycles. The van der Waals surface area contributed by atoms with Crippen LogP contribution in [0.15, 0.2) is 47.4 Å². The molecule has 3 N–H and O–H groups in total. The minimum atomic E-state index is -1.82. The van der Waals surface area contributed by atoms with Crippen molar-refractivity contribution in [2.45, 2.75) is 36.7 Å². The zero-order valence-corrected chi connectivity index (χ0v) is 21.3. The molecule has 11 heteroatoms. The van der Waals surface area contributed by atoms with E-state index < -0.39 is 24.0 Å². The number of anilines is 1. The van der Waals surface area contributed by atoms with Crippen molar-refractivity contribution in [3.63, 3.8) is 0 Å². The Bertz CT molecular complexity index is 1090. The minimum absolute atomic E-state index is 0.0813. The molecule has 1 aliphatic heterocycles. The quantitative estimate of drug-likeness (QED) is 0.385. The van der Waals surface area contributed by atoms with Crippen LogP contribution in [0.1, 0.15) is 28.9 Å². The summed E-state index contributed by atoms with van der Waals surface area (Å²) in [6, 6.07) is 13.5. The molecule has 2 atom stereocenters. The van der Waals surface area contributed by atoms with E-state index in [0.717, 1.165) is 27.3 Å². The number of esters is 1. The van der Waals surface area contributed by atoms with Gasteiger partial charge in [-0.25, -0.2) is 9.59 Å². The zero-order chi connectivity index (χ0) is 27.0. The van der Waals surface area contributed by atoms with Gasteiger partial charge in [0.25, 0.3) is 5.91 Å². The molecule has 0 bridgehead atoms. The smallest absolute Gasteiger partial charge is 0.414 e. The average Bonchev–Trinajstić information content (AvgIpc) is 2.92. The maximum Gasteiger partial charge on any atom is 0.414 e. The molecule has 0 radical (unpaired) electrons. The number of nitrogens with zero attached hydrogens (tertiary/aromatic N) is 2. The number of thioether (sulfide) groups is 1. The van der Waals surface area contributed by atoms with Gasteiger partial charge in [-0.05, 0) is 44.3 Å². The van der Waals surface area contributed by atoms with Crippen LogP contribution in [0.25, 0.3) is 0 Å². The normalized spacial score (nSPS) is 16.9. The summed E-state index contributed by atoms with van der Waals surface area (Å²) in [4.78, 5) is 48.3. The first-order chi connectivity index (χ1) is 16.9. The fourth-order valence-corrected chi connectivity index (χ4v) is 4.78. The number of aliphatic carboxylic acids is 2. The zero-order valence-electron chi connectivity index (χ0n) is 20.5. The number of amides is 1. The van der Waals surface area contributed by atoms with E-state index in [1.807, 2.05) is 68.4 Å². The summed E-state index contributed by atoms with van der Waals surface area (Å²) in [6.45, 7) is 4.39. The van der Waals surface area contributed by atoms with Crippen LogP contribution in [0.4, 0.5) is 5.69 Å². The van der Waals surface area contributed by atoms with Gasteiger partial charge in [-0.3, -0.25) is 9.59 Å². The number of likely N-dealkylation sites (N-methyl/N-ethyl adjacent to an activating group) is 1. The van der Waals surface area contributed by atoms with E-state index in [1.165, 1.54) is 18.7 Å². The summed E-state index contributed by atoms with van der Waals surface area (Å²) < 4.78 is 5.59. The first-order valence-corrected chi connectivity index (χ1v) is 11.9. The molecular formula is C25H30N2O8S. The third-order valence-electron chi connectivity index (χ3n) is 5.19. The van der Waals surface area contributed by atoms with Crippen molar-refractivity contribution in [3.8, 4) is 0 Å². The van der Waals surface area contributed by atoms with Crippen molar-refractivity contribution in [2.75, 3.05) is 32.1 Å². The molecule has 194 valence electrons. The number of fused-ring (bicyclic) bond motifs is 1. The van der Waals surface area contributed by atoms with E-state index in [2.05, 4.69) is 0 Å². The predicted molar refractivity (Wildman–Crippen MR) is 134 cm³/mol. The maximum atomic E-state index is 13.6. The van der Waals surface area contributed by atoms with E-state index in [9.17, 15) is 14.7 Å². The van der Waals surface area contributed by atoms with Gasteiger partial charge >= 0.3 is 17.9 Å². The molecule has 3 rings (SSSR count). The molecule has 2 aromatic carbocycles. The lowest BCUT2D eigenvalue weighted by Gasteiger charge is -2.28. The van der Waals surface area contributed by atoms with Gasteiger partial charge in [0.15, 0.2) is 6.10 Å². The van der Waals surface area contributed by atoms with Crippen LogP contribution in [0.3, 0.4) is 0 Å². The Hall–Kier alpha value is -3.41. The van der Waals surface area contributed by atoms with Gasteiger partial charge in [-0.2, -0.15) is 0 Å². The standard InChI is InChI=1S/C23H28N2O4S.C2H2O4/c1-15-5-8-18(9-6-15)22-21(29-16(2)27)23(28)25(12-11-24(3)4)19-10-7-17(14-26)13-20(19)30-22;3-1(4)2(5)6/h5-10,13,21-22,26H,11-12,14H2,1-4H3;(H,3,4)(H,5,6). The highest BCUT2D eigenvalue weighted by Crippen LogP contribution is 2.47. The highest BCUT2D eigenvalue weighted by Gasteiger charge is 2.40. The third-order valence-corrected chi connectivity index (χ3v) is 6.54. The fraction of sp³-hybridized carbons (Fsp3) is 0.360. The van der Waals surface area contributed by atoms with Crippen LogP contribution in [-0.4, -0.2) is 77.3 Å². The summed E-state index contributed by atoms with van der Waals surface area (Å²) in [5.41, 5.74) is 3.58. The number of carbonyl (C=O) groups is 4. The van der Waals surface area contributed by atoms with Gasteiger partial charge in [0.2, 0.25) is 0 Å². The lowest BCUT2D eigenvalue weighted by molar-refractivity contribution is -0.159. The molecule has 0 saturated carbocycles. The molecule has 10 nitrogen and oxygen atoms in total. The number of hydrogen-bond acceptors (Lipinski definition) is 8. The topological polar surface area (TPSA) is 145 Å². The molecular weight excluding hydrogens is 488 g/mol. The Kier molecular flexibility index (Phi) is 10.5. The lowest BCUT2D eigenvalue weighted by atomic mass is 10.0. The maximum absolute atomic E-state index is 13.6. The van der Waals surface area contributed by atoms with Gasteiger partial charge in [-0.15, -0.1) is 11.8 Å². The molecule has 0 aliphatic carbocycles. The number of aliphatic hydroxyl groups is 1. The lowest BCUT2D eigenvalue weighted by Crippen LogP contribution is -2.45. The van der Waals surface area contributed by atoms with Crippen LogP contribution in [-0.2, 0) is 30.5 Å². The van der Waals surface area contributed by atoms with E-state index in [4.69, 9.17) is 24.5 Å². The number of carbonyl (C=O) groups excluding carboxylic acids is 2. The van der Waals surface area contributed by atoms with Crippen molar-refractivity contribution in [3.05, 3.63) is 59.2 Å². The fourth-order valence-electron chi connectivity index (χ4n) is 3.40. The molecule has 2 unspecified atom stereocenters. The number of rotatable bonds is 6. The second kappa shape index (κ2) is 13.1. The molecule has 0 aromatic heterocycles. The summed E-state index contributed by atoms with van der Waals surface area (Å²) in [5, 5.41) is 24.0. The monoisotopic (exact) mass is 518 g/mol. The van der Waals surface area contributed by atoms with Crippen LogP contribution < -0.4 is 4.90 Å². The van der Waals surface area contributed by atoms with Crippen molar-refractivity contribution >= 4 is 41.3 Å². The average molecular weight is 519 g/mol. The molecule has 0 spiro atoms. The summed E-state index contributed by atoms with van der Waals surface area (Å²) in [6.07, 6.45) is -0.942. The molecule has 36 heavy (non-hydrogen) atoms. The number of aryl methyl sites for hydroxylation is 1. The SMILES string of the molecule is CC(=O)OC1C(=O)N(CCN(C)C)c2ccc(CO)cc2SC1c1ccc(C)cc1.O=C(O)C(=O)O. The number of ether oxygens (including phenoxy) is 1. The van der Waals surface area contributed by atoms with Gasteiger partial charge in [0.1, 0.15) is 0 Å². The number of benzene rings is 2. The van der Waals surface area contributed by atoms with Gasteiger partial charge in [0, 0.05) is 24.9 Å². The van der Waals surface area contributed by atoms with Crippen molar-refractivity contribution in [1.82, 2.24) is 4.90 Å². The van der Waals surface area contributed by atoms with Crippen LogP contribution in [0.5, 0.6) is 0 Å². The Morgan fingerprint density at radius 2 is 1.67 bits per heavy atom. The number of aliphatic hydroxyl groups excluding tert-OH is 1. The largest absolute Gasteiger partial charge is 0.473 e. The van der Waals surface area contributed by atoms with Crippen LogP contribution >= 0.6 is 11.8 Å². The van der Waals surface area contributed by atoms with Crippen molar-refractivity contribution in [2.24, 2.45) is 0 Å². The molecule has 2 aromatic rings. The van der Waals surface area contributed by atoms with Gasteiger partial charge in [-0.1, -0.05) is 35.9 Å². The Labute approximate surface area is 213 Å². The first kappa shape index (κ1) is 28.8. The van der Waals surface area contributed by atoms with E-state index >= 15 is 0 Å². The number of hydrogen-bond donors (Lipinski definition) is 3. The van der Waals surface area contributed by atoms with Crippen LogP contribution in [0.2, 0.25) is 0 Å². The second-order valence-corrected chi connectivity index (χ2v) is 9.53. The second-order valence-electron chi connectivity index (χ2n) is 8.34. The third kappa shape index (κ3) is 7.80. The Morgan fingerprint density at radius 3 is 2.17 bits per heavy atom. The molecule has 1 heterocycles. The molecule has 1 aliphatic rings. The first-order valence-electron chi connectivity index (χ1n) is 11.0. The van der Waals surface area contributed by atoms with Crippen LogP contribution in [0, 0.1) is 6.92 Å². The number of carboxylic acids is 2. The molecule has 0 fully saturated rings. The molecule has 1 amide bonds. The highest BCUT2D eigenvalue weighted by molar-refractivity contribution is 7.99. The summed E-state index contributed by atoms with van der Waals surface area (Å²) >= 11 is 1.49. The van der Waals surface area contributed by atoms with Crippen molar-refractivity contribution < 1.29 is 39.2 Å². The van der Waals surface area contributed by atoms with Gasteiger partial charge < -0.3 is 29.9 Å². The van der Waals surface area contributed by atoms with E-state index in [1.54, 1.807) is 4.90 Å². The van der Waals surface area contributed by atoms with Gasteiger partial charge in [0.05, 0.1) is 17.5 Å². The Balaban J connectivity index is 0.000000678. The highest BCUT2D eigenvalue weighted by atomic mass is 32.2. The summed E-state index contributed by atoms with van der Waals surface area (Å²) in [7, 11) is 3.90. The van der Waals surface area contributed by atoms with Crippen molar-refractivity contribution in [1.29, 1.82) is 0 Å². The number of carboxylic acid groups (broad SMARTS) is 2. The van der Waals surface area contributed by atoms with E-state index in [-0.39, 0.29) is 17.8 Å².